The first kappa shape index (κ1) is 20.0. The molecular weight excluding hydrogens is 368 g/mol. The molecular formula is C23H22N2O4. The van der Waals surface area contributed by atoms with Crippen LogP contribution in [0.25, 0.3) is 11.4 Å². The Bertz CT molecular complexity index is 920. The van der Waals surface area contributed by atoms with Crippen molar-refractivity contribution < 1.29 is 19.0 Å². The summed E-state index contributed by atoms with van der Waals surface area (Å²) in [6, 6.07) is 16.9. The lowest BCUT2D eigenvalue weighted by molar-refractivity contribution is -0.147. The first-order valence-corrected chi connectivity index (χ1v) is 9.15. The van der Waals surface area contributed by atoms with Crippen LogP contribution in [0.15, 0.2) is 60.7 Å². The van der Waals surface area contributed by atoms with Crippen LogP contribution in [0.5, 0.6) is 11.5 Å². The van der Waals surface area contributed by atoms with Gasteiger partial charge in [0.15, 0.2) is 5.41 Å². The van der Waals surface area contributed by atoms with Crippen molar-refractivity contribution in [3.05, 3.63) is 71.8 Å². The number of nitriles is 1. The van der Waals surface area contributed by atoms with E-state index in [2.05, 4.69) is 11.4 Å². The predicted molar refractivity (Wildman–Crippen MR) is 110 cm³/mol. The lowest BCUT2D eigenvalue weighted by Gasteiger charge is -2.27. The van der Waals surface area contributed by atoms with E-state index in [4.69, 9.17) is 14.2 Å². The van der Waals surface area contributed by atoms with Crippen LogP contribution in [0.2, 0.25) is 0 Å². The van der Waals surface area contributed by atoms with Crippen LogP contribution in [0.3, 0.4) is 0 Å². The first-order chi connectivity index (χ1) is 14.0. The molecule has 2 aromatic rings. The smallest absolute Gasteiger partial charge is 0.334 e. The van der Waals surface area contributed by atoms with Crippen molar-refractivity contribution in [1.29, 1.82) is 5.26 Å². The fourth-order valence-electron chi connectivity index (χ4n) is 3.04. The number of nitrogens with one attached hydrogen (secondary N) is 1. The molecule has 0 unspecified atom stereocenters. The number of nitrogens with zero attached hydrogens (tertiary/aromatic N) is 1. The summed E-state index contributed by atoms with van der Waals surface area (Å²) in [5.74, 6) is 0.821. The van der Waals surface area contributed by atoms with Crippen molar-refractivity contribution >= 4 is 17.4 Å². The van der Waals surface area contributed by atoms with Gasteiger partial charge in [0.1, 0.15) is 11.5 Å². The van der Waals surface area contributed by atoms with Gasteiger partial charge < -0.3 is 19.5 Å². The number of carbonyl (C=O) groups excluding carboxylic acids is 1. The first-order valence-electron chi connectivity index (χ1n) is 9.15. The standard InChI is InChI=1S/C23H22N2O4/c1-4-29-22(26)23(15-24)13-20(16-5-9-18(27-2)10-6-16)25-21(14-23)17-7-11-19(28-3)12-8-17/h5-14,25H,4H2,1-3H3. The van der Waals surface area contributed by atoms with E-state index in [9.17, 15) is 10.1 Å². The number of benzene rings is 2. The molecule has 148 valence electrons. The van der Waals surface area contributed by atoms with Gasteiger partial charge in [-0.25, -0.2) is 4.79 Å². The average Bonchev–Trinajstić information content (AvgIpc) is 2.79. The number of hydrogen-bond donors (Lipinski definition) is 1. The maximum atomic E-state index is 12.7. The second-order valence-corrected chi connectivity index (χ2v) is 6.40. The molecule has 2 aromatic carbocycles. The zero-order chi connectivity index (χ0) is 20.9. The van der Waals surface area contributed by atoms with E-state index >= 15 is 0 Å². The maximum absolute atomic E-state index is 12.7. The van der Waals surface area contributed by atoms with E-state index in [1.807, 2.05) is 48.5 Å². The number of hydrogen-bond acceptors (Lipinski definition) is 6. The van der Waals surface area contributed by atoms with Crippen LogP contribution >= 0.6 is 0 Å². The second-order valence-electron chi connectivity index (χ2n) is 6.40. The lowest BCUT2D eigenvalue weighted by Crippen LogP contribution is -2.33. The number of dihydropyridines is 1. The third-order valence-electron chi connectivity index (χ3n) is 4.61. The van der Waals surface area contributed by atoms with E-state index in [1.54, 1.807) is 33.3 Å². The van der Waals surface area contributed by atoms with Gasteiger partial charge in [-0.1, -0.05) is 0 Å². The van der Waals surface area contributed by atoms with Crippen molar-refractivity contribution in [2.24, 2.45) is 5.41 Å². The third-order valence-corrected chi connectivity index (χ3v) is 4.61. The Labute approximate surface area is 170 Å². The minimum absolute atomic E-state index is 0.188. The quantitative estimate of drug-likeness (QED) is 0.757. The van der Waals surface area contributed by atoms with Crippen LogP contribution in [-0.4, -0.2) is 26.8 Å². The van der Waals surface area contributed by atoms with E-state index in [-0.39, 0.29) is 6.61 Å². The Morgan fingerprint density at radius 2 is 1.38 bits per heavy atom. The molecule has 0 amide bonds. The molecule has 0 fully saturated rings. The maximum Gasteiger partial charge on any atom is 0.334 e. The zero-order valence-corrected chi connectivity index (χ0v) is 16.6. The Kier molecular flexibility index (Phi) is 5.89. The highest BCUT2D eigenvalue weighted by molar-refractivity contribution is 5.94. The number of methoxy groups -OCH3 is 2. The van der Waals surface area contributed by atoms with Gasteiger partial charge in [0.2, 0.25) is 0 Å². The fraction of sp³-hybridized carbons (Fsp3) is 0.217. The Morgan fingerprint density at radius 1 is 0.931 bits per heavy atom. The average molecular weight is 390 g/mol. The van der Waals surface area contributed by atoms with Gasteiger partial charge >= 0.3 is 5.97 Å². The van der Waals surface area contributed by atoms with Crippen molar-refractivity contribution in [3.63, 3.8) is 0 Å². The van der Waals surface area contributed by atoms with Gasteiger partial charge in [-0.15, -0.1) is 0 Å². The highest BCUT2D eigenvalue weighted by Gasteiger charge is 2.40. The SMILES string of the molecule is CCOC(=O)C1(C#N)C=C(c2ccc(OC)cc2)NC(c2ccc(OC)cc2)=C1. The molecule has 6 nitrogen and oxygen atoms in total. The van der Waals surface area contributed by atoms with Gasteiger partial charge in [-0.05, 0) is 78.7 Å². The molecule has 0 saturated carbocycles. The van der Waals surface area contributed by atoms with Crippen molar-refractivity contribution in [2.45, 2.75) is 6.92 Å². The third kappa shape index (κ3) is 4.09. The Hall–Kier alpha value is -3.72. The monoisotopic (exact) mass is 390 g/mol. The summed E-state index contributed by atoms with van der Waals surface area (Å²) in [6.45, 7) is 1.90. The highest BCUT2D eigenvalue weighted by Crippen LogP contribution is 2.36. The van der Waals surface area contributed by atoms with E-state index < -0.39 is 11.4 Å². The van der Waals surface area contributed by atoms with Crippen molar-refractivity contribution in [2.75, 3.05) is 20.8 Å². The highest BCUT2D eigenvalue weighted by atomic mass is 16.5. The molecule has 1 heterocycles. The molecule has 1 aliphatic rings. The molecule has 0 aliphatic carbocycles. The summed E-state index contributed by atoms with van der Waals surface area (Å²) in [5.41, 5.74) is 1.36. The van der Waals surface area contributed by atoms with Gasteiger partial charge in [0.25, 0.3) is 0 Å². The summed E-state index contributed by atoms with van der Waals surface area (Å²) < 4.78 is 15.6. The normalized spacial score (nSPS) is 14.6. The molecule has 0 atom stereocenters. The largest absolute Gasteiger partial charge is 0.497 e. The van der Waals surface area contributed by atoms with Gasteiger partial charge in [0.05, 0.1) is 26.9 Å². The summed E-state index contributed by atoms with van der Waals surface area (Å²) >= 11 is 0. The van der Waals surface area contributed by atoms with E-state index in [0.29, 0.717) is 22.9 Å². The molecule has 29 heavy (non-hydrogen) atoms. The number of carbonyl (C=O) groups is 1. The van der Waals surface area contributed by atoms with Gasteiger partial charge in [-0.2, -0.15) is 5.26 Å². The van der Waals surface area contributed by atoms with E-state index in [1.165, 1.54) is 0 Å². The molecule has 0 spiro atoms. The molecule has 1 aliphatic heterocycles. The molecule has 3 rings (SSSR count). The summed E-state index contributed by atoms with van der Waals surface area (Å²) in [7, 11) is 3.19. The number of esters is 1. The molecule has 6 heteroatoms. The van der Waals surface area contributed by atoms with E-state index in [0.717, 1.165) is 11.1 Å². The fourth-order valence-corrected chi connectivity index (χ4v) is 3.04. The van der Waals surface area contributed by atoms with Crippen LogP contribution in [0.4, 0.5) is 0 Å². The van der Waals surface area contributed by atoms with Crippen LogP contribution in [0.1, 0.15) is 18.1 Å². The van der Waals surface area contributed by atoms with Crippen LogP contribution in [0, 0.1) is 16.7 Å². The second kappa shape index (κ2) is 8.53. The summed E-state index contributed by atoms with van der Waals surface area (Å²) in [6.07, 6.45) is 3.19. The minimum atomic E-state index is -1.54. The molecule has 0 radical (unpaired) electrons. The zero-order valence-electron chi connectivity index (χ0n) is 16.6. The molecule has 0 aromatic heterocycles. The topological polar surface area (TPSA) is 80.6 Å². The Morgan fingerprint density at radius 3 is 1.72 bits per heavy atom. The van der Waals surface area contributed by atoms with Crippen LogP contribution < -0.4 is 14.8 Å². The lowest BCUT2D eigenvalue weighted by atomic mass is 9.83. The van der Waals surface area contributed by atoms with Crippen LogP contribution in [-0.2, 0) is 9.53 Å². The predicted octanol–water partition coefficient (Wildman–Crippen LogP) is 3.76. The molecule has 0 saturated heterocycles. The number of rotatable bonds is 6. The molecule has 0 bridgehead atoms. The van der Waals surface area contributed by atoms with Gasteiger partial charge in [0, 0.05) is 11.4 Å². The minimum Gasteiger partial charge on any atom is -0.497 e. The van der Waals surface area contributed by atoms with Crippen molar-refractivity contribution in [3.8, 4) is 17.6 Å². The molecule has 1 N–H and O–H groups in total. The summed E-state index contributed by atoms with van der Waals surface area (Å²) in [4.78, 5) is 12.7. The van der Waals surface area contributed by atoms with Gasteiger partial charge in [-0.3, -0.25) is 0 Å². The number of ether oxygens (including phenoxy) is 3. The summed E-state index contributed by atoms with van der Waals surface area (Å²) in [5, 5.41) is 13.3. The van der Waals surface area contributed by atoms with Crippen molar-refractivity contribution in [1.82, 2.24) is 5.32 Å². The Balaban J connectivity index is 2.09.